The smallest absolute Gasteiger partial charge is 0.225 e. The van der Waals surface area contributed by atoms with Crippen LogP contribution < -0.4 is 10.6 Å². The number of hydrogen-bond acceptors (Lipinski definition) is 3. The zero-order valence-corrected chi connectivity index (χ0v) is 20.7. The third-order valence-corrected chi connectivity index (χ3v) is 5.89. The topological polar surface area (TPSA) is 66.0 Å². The van der Waals surface area contributed by atoms with Gasteiger partial charge in [-0.1, -0.05) is 43.5 Å². The molecule has 1 unspecified atom stereocenters. The van der Waals surface area contributed by atoms with Gasteiger partial charge in [-0.05, 0) is 37.3 Å². The summed E-state index contributed by atoms with van der Waals surface area (Å²) in [6.07, 6.45) is 6.81. The lowest BCUT2D eigenvalue weighted by Crippen LogP contribution is -2.45. The Morgan fingerprint density at radius 1 is 1.13 bits per heavy atom. The van der Waals surface area contributed by atoms with Crippen molar-refractivity contribution in [3.05, 3.63) is 35.4 Å². The Labute approximate surface area is 198 Å². The summed E-state index contributed by atoms with van der Waals surface area (Å²) in [5.74, 6) is 1.45. The minimum atomic E-state index is 0. The summed E-state index contributed by atoms with van der Waals surface area (Å²) in [5.41, 5.74) is 2.33. The maximum Gasteiger partial charge on any atom is 0.225 e. The van der Waals surface area contributed by atoms with Crippen molar-refractivity contribution in [2.75, 3.05) is 26.7 Å². The average molecular weight is 528 g/mol. The fourth-order valence-electron chi connectivity index (χ4n) is 4.28. The van der Waals surface area contributed by atoms with E-state index in [9.17, 15) is 4.79 Å². The molecule has 6 nitrogen and oxygen atoms in total. The number of rotatable bonds is 7. The van der Waals surface area contributed by atoms with Crippen LogP contribution in [0.3, 0.4) is 0 Å². The van der Waals surface area contributed by atoms with Crippen molar-refractivity contribution in [3.63, 3.8) is 0 Å². The zero-order valence-electron chi connectivity index (χ0n) is 18.4. The van der Waals surface area contributed by atoms with E-state index in [-0.39, 0.29) is 35.9 Å². The molecule has 30 heavy (non-hydrogen) atoms. The van der Waals surface area contributed by atoms with Crippen LogP contribution in [0.1, 0.15) is 56.6 Å². The lowest BCUT2D eigenvalue weighted by atomic mass is 9.88. The highest BCUT2D eigenvalue weighted by molar-refractivity contribution is 14.0. The maximum atomic E-state index is 12.8. The number of nitrogens with one attached hydrogen (secondary N) is 2. The van der Waals surface area contributed by atoms with Gasteiger partial charge in [0.15, 0.2) is 5.96 Å². The molecule has 0 radical (unpaired) electrons. The van der Waals surface area contributed by atoms with Gasteiger partial charge in [-0.15, -0.1) is 24.0 Å². The molecule has 1 saturated carbocycles. The Bertz CT molecular complexity index is 674. The van der Waals surface area contributed by atoms with E-state index in [1.807, 2.05) is 0 Å². The summed E-state index contributed by atoms with van der Waals surface area (Å²) in [4.78, 5) is 19.6. The minimum Gasteiger partial charge on any atom is -0.380 e. The molecule has 1 aromatic carbocycles. The number of benzene rings is 1. The van der Waals surface area contributed by atoms with E-state index in [0.717, 1.165) is 44.9 Å². The number of carbonyl (C=O) groups is 1. The monoisotopic (exact) mass is 528 g/mol. The molecule has 1 aliphatic carbocycles. The summed E-state index contributed by atoms with van der Waals surface area (Å²) in [6.45, 7) is 5.78. The SMILES string of the molecule is CCNC(=NCc1ccc(COC)cc1)NC1CCN(C(=O)C2CCCCC2)C1.I. The third kappa shape index (κ3) is 7.41. The molecule has 1 aliphatic heterocycles. The first-order chi connectivity index (χ1) is 14.2. The fourth-order valence-corrected chi connectivity index (χ4v) is 4.28. The number of likely N-dealkylation sites (tertiary alicyclic amines) is 1. The number of halogens is 1. The van der Waals surface area contributed by atoms with Crippen molar-refractivity contribution in [2.24, 2.45) is 10.9 Å². The van der Waals surface area contributed by atoms with Crippen LogP contribution in [0.25, 0.3) is 0 Å². The maximum absolute atomic E-state index is 12.8. The molecule has 0 aromatic heterocycles. The number of amides is 1. The quantitative estimate of drug-likeness (QED) is 0.322. The second-order valence-corrected chi connectivity index (χ2v) is 8.19. The first-order valence-electron chi connectivity index (χ1n) is 11.1. The fraction of sp³-hybridized carbons (Fsp3) is 0.652. The Balaban J connectivity index is 0.00000320. The highest BCUT2D eigenvalue weighted by atomic mass is 127. The van der Waals surface area contributed by atoms with Crippen LogP contribution in [0.15, 0.2) is 29.3 Å². The second-order valence-electron chi connectivity index (χ2n) is 8.19. The van der Waals surface area contributed by atoms with Gasteiger partial charge in [0.05, 0.1) is 13.2 Å². The van der Waals surface area contributed by atoms with Crippen LogP contribution in [-0.2, 0) is 22.7 Å². The lowest BCUT2D eigenvalue weighted by molar-refractivity contribution is -0.135. The summed E-state index contributed by atoms with van der Waals surface area (Å²) in [7, 11) is 1.71. The third-order valence-electron chi connectivity index (χ3n) is 5.89. The Hall–Kier alpha value is -1.35. The molecule has 1 saturated heterocycles. The summed E-state index contributed by atoms with van der Waals surface area (Å²) < 4.78 is 5.16. The van der Waals surface area contributed by atoms with Crippen molar-refractivity contribution < 1.29 is 9.53 Å². The summed E-state index contributed by atoms with van der Waals surface area (Å²) in [5, 5.41) is 6.87. The van der Waals surface area contributed by atoms with E-state index >= 15 is 0 Å². The van der Waals surface area contributed by atoms with Crippen LogP contribution in [0.2, 0.25) is 0 Å². The normalized spacial score (nSPS) is 20.0. The highest BCUT2D eigenvalue weighted by Gasteiger charge is 2.31. The van der Waals surface area contributed by atoms with E-state index in [0.29, 0.717) is 19.1 Å². The van der Waals surface area contributed by atoms with Gasteiger partial charge in [0, 0.05) is 38.7 Å². The molecule has 3 rings (SSSR count). The van der Waals surface area contributed by atoms with E-state index in [1.165, 1.54) is 30.4 Å². The highest BCUT2D eigenvalue weighted by Crippen LogP contribution is 2.26. The Morgan fingerprint density at radius 2 is 1.83 bits per heavy atom. The van der Waals surface area contributed by atoms with Crippen LogP contribution in [0.4, 0.5) is 0 Å². The predicted octanol–water partition coefficient (Wildman–Crippen LogP) is 3.69. The summed E-state index contributed by atoms with van der Waals surface area (Å²) >= 11 is 0. The number of aliphatic imine (C=N–C) groups is 1. The van der Waals surface area contributed by atoms with E-state index in [4.69, 9.17) is 9.73 Å². The van der Waals surface area contributed by atoms with Crippen LogP contribution >= 0.6 is 24.0 Å². The van der Waals surface area contributed by atoms with Gasteiger partial charge in [0.2, 0.25) is 5.91 Å². The first kappa shape index (κ1) is 24.9. The van der Waals surface area contributed by atoms with Crippen LogP contribution in [0, 0.1) is 5.92 Å². The van der Waals surface area contributed by atoms with Crippen molar-refractivity contribution in [3.8, 4) is 0 Å². The molecule has 1 atom stereocenters. The number of guanidine groups is 1. The van der Waals surface area contributed by atoms with Gasteiger partial charge in [-0.3, -0.25) is 4.79 Å². The Morgan fingerprint density at radius 3 is 2.50 bits per heavy atom. The van der Waals surface area contributed by atoms with E-state index in [2.05, 4.69) is 46.7 Å². The Kier molecular flexibility index (Phi) is 10.9. The van der Waals surface area contributed by atoms with Crippen molar-refractivity contribution in [1.82, 2.24) is 15.5 Å². The molecule has 2 fully saturated rings. The first-order valence-corrected chi connectivity index (χ1v) is 11.1. The number of nitrogens with zero attached hydrogens (tertiary/aromatic N) is 2. The van der Waals surface area contributed by atoms with Gasteiger partial charge in [0.1, 0.15) is 0 Å². The molecule has 1 heterocycles. The van der Waals surface area contributed by atoms with E-state index < -0.39 is 0 Å². The molecule has 0 spiro atoms. The van der Waals surface area contributed by atoms with Crippen LogP contribution in [0.5, 0.6) is 0 Å². The molecule has 1 aromatic rings. The molecule has 2 aliphatic rings. The molecule has 2 N–H and O–H groups in total. The number of carbonyl (C=O) groups excluding carboxylic acids is 1. The van der Waals surface area contributed by atoms with Gasteiger partial charge < -0.3 is 20.3 Å². The summed E-state index contributed by atoms with van der Waals surface area (Å²) in [6, 6.07) is 8.63. The van der Waals surface area contributed by atoms with Gasteiger partial charge >= 0.3 is 0 Å². The van der Waals surface area contributed by atoms with Crippen LogP contribution in [-0.4, -0.2) is 49.6 Å². The van der Waals surface area contributed by atoms with Crippen molar-refractivity contribution in [1.29, 1.82) is 0 Å². The predicted molar refractivity (Wildman–Crippen MR) is 132 cm³/mol. The molecule has 7 heteroatoms. The number of hydrogen-bond donors (Lipinski definition) is 2. The average Bonchev–Trinajstić information content (AvgIpc) is 3.22. The zero-order chi connectivity index (χ0) is 20.5. The van der Waals surface area contributed by atoms with Gasteiger partial charge in [0.25, 0.3) is 0 Å². The molecular formula is C23H37IN4O2. The van der Waals surface area contributed by atoms with Gasteiger partial charge in [-0.25, -0.2) is 4.99 Å². The largest absolute Gasteiger partial charge is 0.380 e. The number of methoxy groups -OCH3 is 1. The number of ether oxygens (including phenoxy) is 1. The molecule has 0 bridgehead atoms. The van der Waals surface area contributed by atoms with Gasteiger partial charge in [-0.2, -0.15) is 0 Å². The van der Waals surface area contributed by atoms with Crippen molar-refractivity contribution in [2.45, 2.75) is 64.6 Å². The minimum absolute atomic E-state index is 0. The lowest BCUT2D eigenvalue weighted by Gasteiger charge is -2.26. The van der Waals surface area contributed by atoms with Crippen molar-refractivity contribution >= 4 is 35.8 Å². The molecular weight excluding hydrogens is 491 g/mol. The molecule has 1 amide bonds. The standard InChI is InChI=1S/C23H36N4O2.HI/c1-3-24-23(25-15-18-9-11-19(12-10-18)17-29-2)26-21-13-14-27(16-21)22(28)20-7-5-4-6-8-20;/h9-12,20-21H,3-8,13-17H2,1-2H3,(H2,24,25,26);1H. The van der Waals surface area contributed by atoms with E-state index in [1.54, 1.807) is 7.11 Å². The second kappa shape index (κ2) is 13.1. The molecule has 168 valence electrons.